The molecule has 1 amide bonds. The van der Waals surface area contributed by atoms with Crippen molar-refractivity contribution in [2.75, 3.05) is 43.8 Å². The van der Waals surface area contributed by atoms with Crippen molar-refractivity contribution in [3.05, 3.63) is 54.1 Å². The standard InChI is InChI=1S/C21H23N3O5S/c1-2-29-20-6-4-3-5-19(20)24(16-21(25)23-11-13-28-14-12-23)30(26,27)18-9-7-17(15-22)8-10-18/h3-10H,2,11-14,16H2,1H3. The zero-order chi connectivity index (χ0) is 21.6. The van der Waals surface area contributed by atoms with Gasteiger partial charge in [0.1, 0.15) is 12.3 Å². The van der Waals surface area contributed by atoms with Gasteiger partial charge in [-0.3, -0.25) is 9.10 Å². The Bertz CT molecular complexity index is 1030. The molecule has 0 radical (unpaired) electrons. The highest BCUT2D eigenvalue weighted by molar-refractivity contribution is 7.92. The fourth-order valence-corrected chi connectivity index (χ4v) is 4.53. The van der Waals surface area contributed by atoms with E-state index in [1.54, 1.807) is 36.1 Å². The molecule has 3 rings (SSSR count). The third-order valence-electron chi connectivity index (χ3n) is 4.65. The minimum Gasteiger partial charge on any atom is -0.492 e. The Morgan fingerprint density at radius 2 is 1.83 bits per heavy atom. The zero-order valence-corrected chi connectivity index (χ0v) is 17.5. The lowest BCUT2D eigenvalue weighted by Gasteiger charge is -2.31. The Hall–Kier alpha value is -3.09. The van der Waals surface area contributed by atoms with Gasteiger partial charge in [0, 0.05) is 13.1 Å². The van der Waals surface area contributed by atoms with Gasteiger partial charge in [0.05, 0.1) is 42.0 Å². The van der Waals surface area contributed by atoms with Gasteiger partial charge < -0.3 is 14.4 Å². The van der Waals surface area contributed by atoms with Crippen LogP contribution in [0.3, 0.4) is 0 Å². The lowest BCUT2D eigenvalue weighted by atomic mass is 10.2. The van der Waals surface area contributed by atoms with Crippen molar-refractivity contribution < 1.29 is 22.7 Å². The number of benzene rings is 2. The summed E-state index contributed by atoms with van der Waals surface area (Å²) < 4.78 is 39.0. The first-order valence-corrected chi connectivity index (χ1v) is 11.0. The number of nitrogens with zero attached hydrogens (tertiary/aromatic N) is 3. The minimum atomic E-state index is -4.09. The van der Waals surface area contributed by atoms with Crippen molar-refractivity contribution in [2.24, 2.45) is 0 Å². The summed E-state index contributed by atoms with van der Waals surface area (Å²) >= 11 is 0. The molecule has 1 saturated heterocycles. The van der Waals surface area contributed by atoms with Crippen molar-refractivity contribution in [3.8, 4) is 11.8 Å². The molecule has 2 aromatic carbocycles. The summed E-state index contributed by atoms with van der Waals surface area (Å²) in [5.41, 5.74) is 0.630. The maximum absolute atomic E-state index is 13.5. The van der Waals surface area contributed by atoms with Crippen LogP contribution in [0.1, 0.15) is 12.5 Å². The average Bonchev–Trinajstić information content (AvgIpc) is 2.78. The number of hydrogen-bond acceptors (Lipinski definition) is 6. The van der Waals surface area contributed by atoms with Gasteiger partial charge in [-0.2, -0.15) is 5.26 Å². The van der Waals surface area contributed by atoms with Crippen LogP contribution in [0.2, 0.25) is 0 Å². The molecule has 1 heterocycles. The van der Waals surface area contributed by atoms with Gasteiger partial charge in [-0.05, 0) is 43.3 Å². The molecular formula is C21H23N3O5S. The number of para-hydroxylation sites is 2. The Morgan fingerprint density at radius 3 is 2.47 bits per heavy atom. The molecule has 0 atom stereocenters. The summed E-state index contributed by atoms with van der Waals surface area (Å²) in [4.78, 5) is 14.5. The molecule has 1 aliphatic rings. The number of ether oxygens (including phenoxy) is 2. The zero-order valence-electron chi connectivity index (χ0n) is 16.7. The quantitative estimate of drug-likeness (QED) is 0.668. The van der Waals surface area contributed by atoms with Gasteiger partial charge in [0.2, 0.25) is 5.91 Å². The number of hydrogen-bond donors (Lipinski definition) is 0. The van der Waals surface area contributed by atoms with Gasteiger partial charge in [0.15, 0.2) is 0 Å². The van der Waals surface area contributed by atoms with E-state index in [0.29, 0.717) is 44.2 Å². The molecule has 0 saturated carbocycles. The van der Waals surface area contributed by atoms with Crippen LogP contribution in [-0.2, 0) is 19.6 Å². The number of amides is 1. The number of anilines is 1. The highest BCUT2D eigenvalue weighted by atomic mass is 32.2. The van der Waals surface area contributed by atoms with Gasteiger partial charge in [-0.25, -0.2) is 8.42 Å². The first-order valence-electron chi connectivity index (χ1n) is 9.57. The summed E-state index contributed by atoms with van der Waals surface area (Å²) in [7, 11) is -4.09. The highest BCUT2D eigenvalue weighted by Gasteiger charge is 2.31. The molecular weight excluding hydrogens is 406 g/mol. The van der Waals surface area contributed by atoms with Gasteiger partial charge >= 0.3 is 0 Å². The van der Waals surface area contributed by atoms with Crippen LogP contribution in [0, 0.1) is 11.3 Å². The summed E-state index contributed by atoms with van der Waals surface area (Å²) in [6, 6.07) is 14.3. The molecule has 1 fully saturated rings. The van der Waals surface area contributed by atoms with Gasteiger partial charge in [-0.15, -0.1) is 0 Å². The van der Waals surface area contributed by atoms with E-state index >= 15 is 0 Å². The molecule has 9 heteroatoms. The molecule has 0 aromatic heterocycles. The SMILES string of the molecule is CCOc1ccccc1N(CC(=O)N1CCOCC1)S(=O)(=O)c1ccc(C#N)cc1. The smallest absolute Gasteiger partial charge is 0.264 e. The number of morpholine rings is 1. The Morgan fingerprint density at radius 1 is 1.17 bits per heavy atom. The number of nitriles is 1. The van der Waals surface area contributed by atoms with E-state index in [0.717, 1.165) is 4.31 Å². The first-order chi connectivity index (χ1) is 14.5. The molecule has 0 bridgehead atoms. The minimum absolute atomic E-state index is 0.0115. The van der Waals surface area contributed by atoms with E-state index in [4.69, 9.17) is 14.7 Å². The lowest BCUT2D eigenvalue weighted by Crippen LogP contribution is -2.47. The predicted octanol–water partition coefficient (Wildman–Crippen LogP) is 2.01. The molecule has 0 N–H and O–H groups in total. The molecule has 30 heavy (non-hydrogen) atoms. The van der Waals surface area contributed by atoms with Crippen molar-refractivity contribution in [3.63, 3.8) is 0 Å². The molecule has 0 unspecified atom stereocenters. The number of carbonyl (C=O) groups is 1. The Labute approximate surface area is 176 Å². The number of sulfonamides is 1. The van der Waals surface area contributed by atoms with E-state index in [2.05, 4.69) is 0 Å². The number of rotatable bonds is 7. The van der Waals surface area contributed by atoms with E-state index in [1.165, 1.54) is 24.3 Å². The Kier molecular flexibility index (Phi) is 6.92. The van der Waals surface area contributed by atoms with Crippen molar-refractivity contribution >= 4 is 21.6 Å². The summed E-state index contributed by atoms with van der Waals surface area (Å²) in [5, 5.41) is 8.99. The largest absolute Gasteiger partial charge is 0.492 e. The van der Waals surface area contributed by atoms with Crippen molar-refractivity contribution in [1.82, 2.24) is 4.90 Å². The average molecular weight is 429 g/mol. The van der Waals surface area contributed by atoms with Crippen LogP contribution >= 0.6 is 0 Å². The number of carbonyl (C=O) groups excluding carboxylic acids is 1. The second-order valence-corrected chi connectivity index (χ2v) is 8.40. The monoisotopic (exact) mass is 429 g/mol. The normalized spacial score (nSPS) is 14.1. The summed E-state index contributed by atoms with van der Waals surface area (Å²) in [6.45, 7) is 3.45. The fraction of sp³-hybridized carbons (Fsp3) is 0.333. The van der Waals surface area contributed by atoms with Crippen molar-refractivity contribution in [2.45, 2.75) is 11.8 Å². The molecule has 1 aliphatic heterocycles. The van der Waals surface area contributed by atoms with E-state index in [9.17, 15) is 13.2 Å². The van der Waals surface area contributed by atoms with Crippen LogP contribution in [0.25, 0.3) is 0 Å². The van der Waals surface area contributed by atoms with Crippen LogP contribution in [0.5, 0.6) is 5.75 Å². The van der Waals surface area contributed by atoms with Crippen LogP contribution in [0.4, 0.5) is 5.69 Å². The highest BCUT2D eigenvalue weighted by Crippen LogP contribution is 2.32. The summed E-state index contributed by atoms with van der Waals surface area (Å²) in [5.74, 6) is 0.0498. The molecule has 0 aliphatic carbocycles. The third kappa shape index (κ3) is 4.72. The molecule has 158 valence electrons. The maximum Gasteiger partial charge on any atom is 0.264 e. The third-order valence-corrected chi connectivity index (χ3v) is 6.42. The molecule has 8 nitrogen and oxygen atoms in total. The second kappa shape index (κ2) is 9.61. The van der Waals surface area contributed by atoms with Crippen LogP contribution in [-0.4, -0.2) is 58.7 Å². The topological polar surface area (TPSA) is 99.9 Å². The van der Waals surface area contributed by atoms with E-state index < -0.39 is 10.0 Å². The fourth-order valence-electron chi connectivity index (χ4n) is 3.10. The maximum atomic E-state index is 13.5. The lowest BCUT2D eigenvalue weighted by molar-refractivity contribution is -0.133. The van der Waals surface area contributed by atoms with Crippen molar-refractivity contribution in [1.29, 1.82) is 5.26 Å². The molecule has 0 spiro atoms. The van der Waals surface area contributed by atoms with Gasteiger partial charge in [-0.1, -0.05) is 12.1 Å². The van der Waals surface area contributed by atoms with E-state index in [-0.39, 0.29) is 23.0 Å². The second-order valence-electron chi connectivity index (χ2n) is 6.54. The first kappa shape index (κ1) is 21.6. The van der Waals surface area contributed by atoms with Crippen LogP contribution in [0.15, 0.2) is 53.4 Å². The summed E-state index contributed by atoms with van der Waals surface area (Å²) in [6.07, 6.45) is 0. The van der Waals surface area contributed by atoms with Gasteiger partial charge in [0.25, 0.3) is 10.0 Å². The predicted molar refractivity (Wildman–Crippen MR) is 111 cm³/mol. The Balaban J connectivity index is 2.02. The van der Waals surface area contributed by atoms with Crippen LogP contribution < -0.4 is 9.04 Å². The van der Waals surface area contributed by atoms with E-state index in [1.807, 2.05) is 6.07 Å². The molecule has 2 aromatic rings.